The van der Waals surface area contributed by atoms with Crippen molar-refractivity contribution in [1.82, 2.24) is 4.31 Å². The minimum absolute atomic E-state index is 0.0299. The molecule has 1 aliphatic rings. The van der Waals surface area contributed by atoms with Crippen LogP contribution < -0.4 is 14.4 Å². The highest BCUT2D eigenvalue weighted by Crippen LogP contribution is 2.30. The van der Waals surface area contributed by atoms with E-state index in [9.17, 15) is 21.6 Å². The molecule has 37 heavy (non-hydrogen) atoms. The summed E-state index contributed by atoms with van der Waals surface area (Å²) in [6, 6.07) is 20.4. The van der Waals surface area contributed by atoms with Crippen LogP contribution >= 0.6 is 0 Å². The Bertz CT molecular complexity index is 1440. The lowest BCUT2D eigenvalue weighted by Gasteiger charge is -2.26. The summed E-state index contributed by atoms with van der Waals surface area (Å²) in [4.78, 5) is 13.2. The Morgan fingerprint density at radius 2 is 1.49 bits per heavy atom. The molecule has 11 heteroatoms. The Kier molecular flexibility index (Phi) is 8.16. The van der Waals surface area contributed by atoms with Crippen LogP contribution in [0.2, 0.25) is 0 Å². The van der Waals surface area contributed by atoms with Gasteiger partial charge >= 0.3 is 0 Å². The average Bonchev–Trinajstić information content (AvgIpc) is 2.93. The van der Waals surface area contributed by atoms with Crippen molar-refractivity contribution >= 4 is 37.3 Å². The summed E-state index contributed by atoms with van der Waals surface area (Å²) in [5, 5.41) is 2.65. The molecule has 1 aliphatic heterocycles. The molecule has 0 aromatic heterocycles. The van der Waals surface area contributed by atoms with Gasteiger partial charge in [-0.05, 0) is 55.3 Å². The maximum Gasteiger partial charge on any atom is 0.264 e. The highest BCUT2D eigenvalue weighted by atomic mass is 32.2. The number of carbonyl (C=O) groups is 1. The summed E-state index contributed by atoms with van der Waals surface area (Å²) in [6.07, 6.45) is 2.58. The van der Waals surface area contributed by atoms with Crippen LogP contribution in [0.1, 0.15) is 19.3 Å². The number of methoxy groups -OCH3 is 1. The fraction of sp³-hybridized carbons (Fsp3) is 0.269. The maximum absolute atomic E-state index is 13.4. The number of para-hydroxylation sites is 1. The van der Waals surface area contributed by atoms with Crippen LogP contribution in [-0.4, -0.2) is 53.8 Å². The number of amides is 1. The van der Waals surface area contributed by atoms with E-state index in [-0.39, 0.29) is 21.2 Å². The second-order valence-corrected chi connectivity index (χ2v) is 12.3. The Balaban J connectivity index is 1.63. The van der Waals surface area contributed by atoms with Gasteiger partial charge in [-0.2, -0.15) is 4.31 Å². The molecule has 0 radical (unpaired) electrons. The zero-order chi connectivity index (χ0) is 26.5. The van der Waals surface area contributed by atoms with Crippen molar-refractivity contribution in [1.29, 1.82) is 0 Å². The predicted octanol–water partition coefficient (Wildman–Crippen LogP) is 3.70. The van der Waals surface area contributed by atoms with Gasteiger partial charge in [0, 0.05) is 13.1 Å². The molecule has 0 atom stereocenters. The Morgan fingerprint density at radius 3 is 2.11 bits per heavy atom. The number of sulfonamides is 2. The molecule has 0 unspecified atom stereocenters. The van der Waals surface area contributed by atoms with Crippen LogP contribution in [0.4, 0.5) is 11.4 Å². The average molecular weight is 544 g/mol. The molecular weight excluding hydrogens is 514 g/mol. The number of hydrogen-bond donors (Lipinski definition) is 1. The molecule has 3 aromatic carbocycles. The van der Waals surface area contributed by atoms with Gasteiger partial charge < -0.3 is 10.1 Å². The number of ether oxygens (including phenoxy) is 1. The fourth-order valence-corrected chi connectivity index (χ4v) is 7.13. The lowest BCUT2D eigenvalue weighted by molar-refractivity contribution is -0.114. The van der Waals surface area contributed by atoms with E-state index in [1.165, 1.54) is 41.7 Å². The zero-order valence-electron chi connectivity index (χ0n) is 20.4. The lowest BCUT2D eigenvalue weighted by atomic mass is 10.2. The first-order chi connectivity index (χ1) is 17.7. The van der Waals surface area contributed by atoms with Crippen molar-refractivity contribution in [3.05, 3.63) is 78.9 Å². The number of carbonyl (C=O) groups excluding carboxylic acids is 1. The number of hydrogen-bond acceptors (Lipinski definition) is 6. The summed E-state index contributed by atoms with van der Waals surface area (Å²) in [5.74, 6) is -0.405. The Morgan fingerprint density at radius 1 is 0.865 bits per heavy atom. The third-order valence-corrected chi connectivity index (χ3v) is 9.74. The molecule has 1 amide bonds. The zero-order valence-corrected chi connectivity index (χ0v) is 22.0. The van der Waals surface area contributed by atoms with Crippen molar-refractivity contribution in [3.8, 4) is 5.75 Å². The van der Waals surface area contributed by atoms with Crippen LogP contribution in [0.15, 0.2) is 88.7 Å². The van der Waals surface area contributed by atoms with E-state index in [1.807, 2.05) is 0 Å². The molecule has 1 saturated heterocycles. The first-order valence-electron chi connectivity index (χ1n) is 11.8. The Hall–Kier alpha value is -3.41. The van der Waals surface area contributed by atoms with Crippen LogP contribution in [0.3, 0.4) is 0 Å². The van der Waals surface area contributed by atoms with E-state index in [1.54, 1.807) is 48.5 Å². The number of rotatable bonds is 9. The molecule has 4 rings (SSSR count). The molecular formula is C26H29N3O6S2. The minimum atomic E-state index is -4.06. The molecule has 3 aromatic rings. The quantitative estimate of drug-likeness (QED) is 0.440. The van der Waals surface area contributed by atoms with Gasteiger partial charge in [-0.3, -0.25) is 9.10 Å². The van der Waals surface area contributed by atoms with E-state index >= 15 is 0 Å². The Labute approximate surface area is 217 Å². The van der Waals surface area contributed by atoms with Gasteiger partial charge in [-0.15, -0.1) is 0 Å². The fourth-order valence-electron chi connectivity index (χ4n) is 4.15. The molecule has 9 nitrogen and oxygen atoms in total. The van der Waals surface area contributed by atoms with Crippen molar-refractivity contribution in [2.24, 2.45) is 0 Å². The predicted molar refractivity (Wildman–Crippen MR) is 142 cm³/mol. The van der Waals surface area contributed by atoms with Gasteiger partial charge in [0.15, 0.2) is 0 Å². The summed E-state index contributed by atoms with van der Waals surface area (Å²) in [5.41, 5.74) is 0.450. The van der Waals surface area contributed by atoms with Crippen molar-refractivity contribution in [2.75, 3.05) is 36.4 Å². The van der Waals surface area contributed by atoms with Crippen LogP contribution in [-0.2, 0) is 24.8 Å². The first kappa shape index (κ1) is 26.6. The topological polar surface area (TPSA) is 113 Å². The van der Waals surface area contributed by atoms with E-state index in [0.29, 0.717) is 18.8 Å². The number of benzene rings is 3. The van der Waals surface area contributed by atoms with Gasteiger partial charge in [0.2, 0.25) is 15.9 Å². The van der Waals surface area contributed by atoms with Gasteiger partial charge in [0.1, 0.15) is 12.3 Å². The summed E-state index contributed by atoms with van der Waals surface area (Å²) >= 11 is 0. The SMILES string of the molecule is COc1ccc(S(=O)(=O)N2CCCCC2)cc1NC(=O)CN(c1ccccc1)S(=O)(=O)c1ccccc1. The highest BCUT2D eigenvalue weighted by molar-refractivity contribution is 7.92. The standard InChI is InChI=1S/C26H29N3O6S2/c1-35-25-16-15-23(36(31,32)28-17-9-4-10-18-28)19-24(25)27-26(30)20-29(21-11-5-2-6-12-21)37(33,34)22-13-7-3-8-14-22/h2-3,5-8,11-16,19H,4,9-10,17-18,20H2,1H3,(H,27,30). The third-order valence-electron chi connectivity index (χ3n) is 6.06. The molecule has 0 bridgehead atoms. The summed E-state index contributed by atoms with van der Waals surface area (Å²) in [7, 11) is -6.41. The lowest BCUT2D eigenvalue weighted by Crippen LogP contribution is -2.38. The molecule has 196 valence electrons. The summed E-state index contributed by atoms with van der Waals surface area (Å²) < 4.78 is 61.0. The number of nitrogens with zero attached hydrogens (tertiary/aromatic N) is 2. The van der Waals surface area contributed by atoms with Crippen LogP contribution in [0.5, 0.6) is 5.75 Å². The van der Waals surface area contributed by atoms with Crippen molar-refractivity contribution in [2.45, 2.75) is 29.1 Å². The molecule has 0 spiro atoms. The van der Waals surface area contributed by atoms with Crippen molar-refractivity contribution in [3.63, 3.8) is 0 Å². The van der Waals surface area contributed by atoms with E-state index in [0.717, 1.165) is 23.6 Å². The molecule has 0 saturated carbocycles. The number of piperidine rings is 1. The third kappa shape index (κ3) is 5.95. The number of nitrogens with one attached hydrogen (secondary N) is 1. The van der Waals surface area contributed by atoms with E-state index in [4.69, 9.17) is 4.74 Å². The van der Waals surface area contributed by atoms with Crippen molar-refractivity contribution < 1.29 is 26.4 Å². The van der Waals surface area contributed by atoms with Gasteiger partial charge in [0.25, 0.3) is 10.0 Å². The van der Waals surface area contributed by atoms with E-state index < -0.39 is 32.5 Å². The number of anilines is 2. The second kappa shape index (κ2) is 11.3. The van der Waals surface area contributed by atoms with E-state index in [2.05, 4.69) is 5.32 Å². The highest BCUT2D eigenvalue weighted by Gasteiger charge is 2.29. The van der Waals surface area contributed by atoms with Gasteiger partial charge in [-0.1, -0.05) is 42.8 Å². The summed E-state index contributed by atoms with van der Waals surface area (Å²) in [6.45, 7) is 0.354. The first-order valence-corrected chi connectivity index (χ1v) is 14.7. The maximum atomic E-state index is 13.4. The molecule has 0 aliphatic carbocycles. The van der Waals surface area contributed by atoms with Crippen LogP contribution in [0.25, 0.3) is 0 Å². The minimum Gasteiger partial charge on any atom is -0.495 e. The second-order valence-electron chi connectivity index (χ2n) is 8.54. The molecule has 1 heterocycles. The van der Waals surface area contributed by atoms with Gasteiger partial charge in [-0.25, -0.2) is 16.8 Å². The molecule has 1 fully saturated rings. The van der Waals surface area contributed by atoms with Crippen LogP contribution in [0, 0.1) is 0 Å². The monoisotopic (exact) mass is 543 g/mol. The largest absolute Gasteiger partial charge is 0.495 e. The van der Waals surface area contributed by atoms with Gasteiger partial charge in [0.05, 0.1) is 28.3 Å². The normalized spacial score (nSPS) is 14.6. The smallest absolute Gasteiger partial charge is 0.264 e. The molecule has 1 N–H and O–H groups in total.